The van der Waals surface area contributed by atoms with Crippen LogP contribution in [-0.2, 0) is 23.9 Å². The van der Waals surface area contributed by atoms with Gasteiger partial charge in [0.15, 0.2) is 0 Å². The first-order valence-electron chi connectivity index (χ1n) is 13.2. The van der Waals surface area contributed by atoms with Gasteiger partial charge in [0.2, 0.25) is 0 Å². The van der Waals surface area contributed by atoms with Crippen LogP contribution in [0.3, 0.4) is 0 Å². The maximum atomic E-state index is 12.6. The Hall–Kier alpha value is -1.23. The molecule has 0 aliphatic heterocycles. The highest BCUT2D eigenvalue weighted by atomic mass is 16.5. The number of ketones is 1. The molecule has 32 heavy (non-hydrogen) atoms. The van der Waals surface area contributed by atoms with Crippen LogP contribution in [-0.4, -0.2) is 37.9 Å². The average Bonchev–Trinajstić information content (AvgIpc) is 2.79. The molecule has 0 aromatic heterocycles. The first-order valence-corrected chi connectivity index (χ1v) is 13.2. The van der Waals surface area contributed by atoms with Crippen molar-refractivity contribution in [3.05, 3.63) is 0 Å². The number of unbranched alkanes of at least 4 members (excludes halogenated alkanes) is 9. The molecule has 0 aliphatic rings. The second-order valence-electron chi connectivity index (χ2n) is 9.15. The predicted octanol–water partition coefficient (Wildman–Crippen LogP) is 6.99. The Balaban J connectivity index is 4.40. The molecule has 2 atom stereocenters. The summed E-state index contributed by atoms with van der Waals surface area (Å²) < 4.78 is 10.9. The lowest BCUT2D eigenvalue weighted by Gasteiger charge is -2.18. The highest BCUT2D eigenvalue weighted by Gasteiger charge is 2.18. The number of methoxy groups -OCH3 is 1. The Morgan fingerprint density at radius 1 is 0.781 bits per heavy atom. The van der Waals surface area contributed by atoms with Gasteiger partial charge in [-0.15, -0.1) is 0 Å². The van der Waals surface area contributed by atoms with Crippen molar-refractivity contribution < 1.29 is 23.9 Å². The third kappa shape index (κ3) is 19.5. The number of hydrogen-bond acceptors (Lipinski definition) is 5. The zero-order chi connectivity index (χ0) is 23.9. The second kappa shape index (κ2) is 22.9. The van der Waals surface area contributed by atoms with Crippen molar-refractivity contribution in [2.45, 2.75) is 136 Å². The van der Waals surface area contributed by atoms with Crippen LogP contribution in [0.2, 0.25) is 0 Å². The van der Waals surface area contributed by atoms with E-state index in [0.717, 1.165) is 32.0 Å². The van der Waals surface area contributed by atoms with Gasteiger partial charge in [0.25, 0.3) is 0 Å². The van der Waals surface area contributed by atoms with Crippen LogP contribution < -0.4 is 0 Å². The van der Waals surface area contributed by atoms with Crippen LogP contribution in [0, 0.1) is 5.92 Å². The molecule has 0 aliphatic carbocycles. The Morgan fingerprint density at radius 2 is 1.41 bits per heavy atom. The Labute approximate surface area is 197 Å². The lowest BCUT2D eigenvalue weighted by molar-refractivity contribution is -0.146. The average molecular weight is 455 g/mol. The molecular weight excluding hydrogens is 404 g/mol. The molecule has 0 amide bonds. The van der Waals surface area contributed by atoms with Crippen molar-refractivity contribution in [3.8, 4) is 0 Å². The molecule has 0 heterocycles. The van der Waals surface area contributed by atoms with Crippen molar-refractivity contribution in [3.63, 3.8) is 0 Å². The highest BCUT2D eigenvalue weighted by molar-refractivity contribution is 5.78. The number of hydrogen-bond donors (Lipinski definition) is 0. The molecule has 0 aromatic carbocycles. The summed E-state index contributed by atoms with van der Waals surface area (Å²) in [5.41, 5.74) is 0. The highest BCUT2D eigenvalue weighted by Crippen LogP contribution is 2.19. The molecular formula is C27H50O5. The lowest BCUT2D eigenvalue weighted by atomic mass is 9.93. The quantitative estimate of drug-likeness (QED) is 0.0893. The SMILES string of the molecule is CCCCCCCCC(COC(=O)CCCCCCC)CC(=O)CCC(CCC=O)OC. The molecule has 5 heteroatoms. The fourth-order valence-corrected chi connectivity index (χ4v) is 3.99. The number of carbonyl (C=O) groups is 3. The third-order valence-electron chi connectivity index (χ3n) is 6.13. The maximum Gasteiger partial charge on any atom is 0.305 e. The van der Waals surface area contributed by atoms with Gasteiger partial charge < -0.3 is 14.3 Å². The minimum Gasteiger partial charge on any atom is -0.465 e. The summed E-state index contributed by atoms with van der Waals surface area (Å²) in [5, 5.41) is 0. The molecule has 0 rings (SSSR count). The van der Waals surface area contributed by atoms with Gasteiger partial charge in [-0.25, -0.2) is 0 Å². The van der Waals surface area contributed by atoms with Crippen LogP contribution >= 0.6 is 0 Å². The van der Waals surface area contributed by atoms with Crippen molar-refractivity contribution in [1.29, 1.82) is 0 Å². The van der Waals surface area contributed by atoms with Crippen molar-refractivity contribution in [2.75, 3.05) is 13.7 Å². The molecule has 0 fully saturated rings. The van der Waals surface area contributed by atoms with Gasteiger partial charge in [-0.05, 0) is 31.6 Å². The molecule has 0 saturated heterocycles. The van der Waals surface area contributed by atoms with Crippen LogP contribution in [0.4, 0.5) is 0 Å². The molecule has 2 unspecified atom stereocenters. The molecule has 0 saturated carbocycles. The fraction of sp³-hybridized carbons (Fsp3) is 0.889. The smallest absolute Gasteiger partial charge is 0.305 e. The summed E-state index contributed by atoms with van der Waals surface area (Å²) >= 11 is 0. The first kappa shape index (κ1) is 30.8. The van der Waals surface area contributed by atoms with E-state index in [1.807, 2.05) is 0 Å². The number of aldehydes is 1. The van der Waals surface area contributed by atoms with E-state index in [4.69, 9.17) is 9.47 Å². The van der Waals surface area contributed by atoms with Gasteiger partial charge in [0.05, 0.1) is 12.7 Å². The Bertz CT molecular complexity index is 463. The summed E-state index contributed by atoms with van der Waals surface area (Å²) in [6.45, 7) is 4.75. The third-order valence-corrected chi connectivity index (χ3v) is 6.13. The summed E-state index contributed by atoms with van der Waals surface area (Å²) in [6, 6.07) is 0. The lowest BCUT2D eigenvalue weighted by Crippen LogP contribution is -2.19. The zero-order valence-electron chi connectivity index (χ0n) is 21.2. The van der Waals surface area contributed by atoms with E-state index < -0.39 is 0 Å². The van der Waals surface area contributed by atoms with E-state index in [0.29, 0.717) is 45.1 Å². The van der Waals surface area contributed by atoms with Crippen LogP contribution in [0.25, 0.3) is 0 Å². The fourth-order valence-electron chi connectivity index (χ4n) is 3.99. The van der Waals surface area contributed by atoms with Gasteiger partial charge in [0, 0.05) is 32.8 Å². The van der Waals surface area contributed by atoms with Crippen LogP contribution in [0.15, 0.2) is 0 Å². The number of Topliss-reactive ketones (excluding diaryl/α,β-unsaturated/α-hetero) is 1. The largest absolute Gasteiger partial charge is 0.465 e. The van der Waals surface area contributed by atoms with Gasteiger partial charge in [-0.3, -0.25) is 9.59 Å². The minimum absolute atomic E-state index is 0.0494. The van der Waals surface area contributed by atoms with Gasteiger partial charge in [-0.2, -0.15) is 0 Å². The van der Waals surface area contributed by atoms with Crippen LogP contribution in [0.1, 0.15) is 129 Å². The van der Waals surface area contributed by atoms with Gasteiger partial charge in [0.1, 0.15) is 12.1 Å². The first-order chi connectivity index (χ1) is 15.6. The van der Waals surface area contributed by atoms with E-state index in [1.54, 1.807) is 7.11 Å². The Morgan fingerprint density at radius 3 is 2.03 bits per heavy atom. The Kier molecular flexibility index (Phi) is 22.1. The van der Waals surface area contributed by atoms with Gasteiger partial charge in [-0.1, -0.05) is 78.1 Å². The summed E-state index contributed by atoms with van der Waals surface area (Å²) in [5.74, 6) is 0.175. The molecule has 188 valence electrons. The predicted molar refractivity (Wildman–Crippen MR) is 131 cm³/mol. The van der Waals surface area contributed by atoms with Gasteiger partial charge >= 0.3 is 5.97 Å². The second-order valence-corrected chi connectivity index (χ2v) is 9.15. The minimum atomic E-state index is -0.129. The summed E-state index contributed by atoms with van der Waals surface area (Å²) in [4.78, 5) is 35.3. The van der Waals surface area contributed by atoms with E-state index >= 15 is 0 Å². The maximum absolute atomic E-state index is 12.6. The topological polar surface area (TPSA) is 69.7 Å². The summed E-state index contributed by atoms with van der Waals surface area (Å²) in [6.07, 6.45) is 17.8. The molecule has 0 radical (unpaired) electrons. The van der Waals surface area contributed by atoms with E-state index in [-0.39, 0.29) is 23.8 Å². The summed E-state index contributed by atoms with van der Waals surface area (Å²) in [7, 11) is 1.63. The van der Waals surface area contributed by atoms with Crippen molar-refractivity contribution in [1.82, 2.24) is 0 Å². The molecule has 0 bridgehead atoms. The molecule has 0 spiro atoms. The number of carbonyl (C=O) groups excluding carboxylic acids is 3. The zero-order valence-corrected chi connectivity index (χ0v) is 21.2. The number of esters is 1. The number of ether oxygens (including phenoxy) is 2. The standard InChI is InChI=1S/C27H50O5/c1-4-6-8-10-12-13-16-24(23-32-27(30)18-14-11-9-7-5-2)22-25(29)19-20-26(31-3)17-15-21-28/h21,24,26H,4-20,22-23H2,1-3H3. The van der Waals surface area contributed by atoms with E-state index in [2.05, 4.69) is 13.8 Å². The normalized spacial score (nSPS) is 13.0. The van der Waals surface area contributed by atoms with E-state index in [1.165, 1.54) is 51.4 Å². The van der Waals surface area contributed by atoms with Crippen molar-refractivity contribution in [2.24, 2.45) is 5.92 Å². The number of rotatable bonds is 24. The monoisotopic (exact) mass is 454 g/mol. The molecule has 0 aromatic rings. The van der Waals surface area contributed by atoms with Crippen LogP contribution in [0.5, 0.6) is 0 Å². The molecule has 0 N–H and O–H groups in total. The van der Waals surface area contributed by atoms with E-state index in [9.17, 15) is 14.4 Å². The molecule has 5 nitrogen and oxygen atoms in total. The van der Waals surface area contributed by atoms with Crippen molar-refractivity contribution >= 4 is 18.0 Å².